The maximum absolute atomic E-state index is 12.5. The maximum Gasteiger partial charge on any atom is 0.245 e. The molecule has 1 saturated heterocycles. The summed E-state index contributed by atoms with van der Waals surface area (Å²) in [6.45, 7) is 3.32. The fourth-order valence-corrected chi connectivity index (χ4v) is 2.89. The van der Waals surface area contributed by atoms with Gasteiger partial charge in [0.15, 0.2) is 5.82 Å². The van der Waals surface area contributed by atoms with Crippen LogP contribution in [0.3, 0.4) is 0 Å². The Morgan fingerprint density at radius 3 is 3.13 bits per heavy atom. The highest BCUT2D eigenvalue weighted by molar-refractivity contribution is 5.96. The molecule has 126 valence electrons. The van der Waals surface area contributed by atoms with Crippen molar-refractivity contribution >= 4 is 17.8 Å². The van der Waals surface area contributed by atoms with Gasteiger partial charge in [-0.15, -0.1) is 0 Å². The molecule has 8 heteroatoms. The summed E-state index contributed by atoms with van der Waals surface area (Å²) >= 11 is 0. The van der Waals surface area contributed by atoms with Gasteiger partial charge in [0.2, 0.25) is 17.8 Å². The molecule has 2 N–H and O–H groups in total. The maximum atomic E-state index is 12.5. The van der Waals surface area contributed by atoms with Gasteiger partial charge < -0.3 is 10.1 Å². The molecule has 2 aliphatic rings. The lowest BCUT2D eigenvalue weighted by molar-refractivity contribution is -0.129. The highest BCUT2D eigenvalue weighted by Crippen LogP contribution is 2.23. The van der Waals surface area contributed by atoms with E-state index in [1.165, 1.54) is 4.68 Å². The SMILES string of the molecule is CCCCc1nc2n(n1)[C@@H](C(=O)NC[C@@H]1CCCO1)CC(=O)N2. The summed E-state index contributed by atoms with van der Waals surface area (Å²) in [5.74, 6) is 0.623. The van der Waals surface area contributed by atoms with Crippen molar-refractivity contribution in [2.45, 2.75) is 57.6 Å². The Kier molecular flexibility index (Phi) is 4.90. The first kappa shape index (κ1) is 15.9. The molecule has 8 nitrogen and oxygen atoms in total. The Labute approximate surface area is 135 Å². The molecule has 2 atom stereocenters. The Balaban J connectivity index is 1.68. The summed E-state index contributed by atoms with van der Waals surface area (Å²) in [4.78, 5) is 28.6. The number of fused-ring (bicyclic) bond motifs is 1. The van der Waals surface area contributed by atoms with Gasteiger partial charge in [0.05, 0.1) is 12.5 Å². The fourth-order valence-electron chi connectivity index (χ4n) is 2.89. The molecule has 1 aromatic heterocycles. The van der Waals surface area contributed by atoms with Gasteiger partial charge in [0.1, 0.15) is 6.04 Å². The Morgan fingerprint density at radius 1 is 1.52 bits per heavy atom. The van der Waals surface area contributed by atoms with Crippen LogP contribution in [0.5, 0.6) is 0 Å². The molecular weight excluding hydrogens is 298 g/mol. The van der Waals surface area contributed by atoms with Crippen molar-refractivity contribution in [1.29, 1.82) is 0 Å². The van der Waals surface area contributed by atoms with E-state index < -0.39 is 6.04 Å². The molecular formula is C15H23N5O3. The van der Waals surface area contributed by atoms with Crippen molar-refractivity contribution in [2.75, 3.05) is 18.5 Å². The number of carbonyl (C=O) groups excluding carboxylic acids is 2. The van der Waals surface area contributed by atoms with Gasteiger partial charge in [-0.25, -0.2) is 4.68 Å². The van der Waals surface area contributed by atoms with E-state index in [0.29, 0.717) is 18.3 Å². The van der Waals surface area contributed by atoms with Gasteiger partial charge in [0, 0.05) is 19.6 Å². The number of aryl methyl sites for hydroxylation is 1. The van der Waals surface area contributed by atoms with Crippen LogP contribution in [0.2, 0.25) is 0 Å². The van der Waals surface area contributed by atoms with Crippen molar-refractivity contribution in [1.82, 2.24) is 20.1 Å². The predicted octanol–water partition coefficient (Wildman–Crippen LogP) is 0.799. The van der Waals surface area contributed by atoms with Gasteiger partial charge in [-0.05, 0) is 19.3 Å². The molecule has 0 aromatic carbocycles. The zero-order valence-corrected chi connectivity index (χ0v) is 13.4. The zero-order valence-electron chi connectivity index (χ0n) is 13.4. The summed E-state index contributed by atoms with van der Waals surface area (Å²) in [5.41, 5.74) is 0. The molecule has 1 fully saturated rings. The van der Waals surface area contributed by atoms with Crippen LogP contribution >= 0.6 is 0 Å². The minimum Gasteiger partial charge on any atom is -0.376 e. The lowest BCUT2D eigenvalue weighted by Crippen LogP contribution is -2.41. The quantitative estimate of drug-likeness (QED) is 0.807. The first-order chi connectivity index (χ1) is 11.2. The van der Waals surface area contributed by atoms with E-state index in [9.17, 15) is 9.59 Å². The lowest BCUT2D eigenvalue weighted by Gasteiger charge is -2.23. The molecule has 0 spiro atoms. The number of ether oxygens (including phenoxy) is 1. The second-order valence-corrected chi connectivity index (χ2v) is 6.05. The number of aromatic nitrogens is 3. The van der Waals surface area contributed by atoms with E-state index in [1.807, 2.05) is 0 Å². The van der Waals surface area contributed by atoms with E-state index in [1.54, 1.807) is 0 Å². The molecule has 0 radical (unpaired) electrons. The predicted molar refractivity (Wildman–Crippen MR) is 82.9 cm³/mol. The minimum atomic E-state index is -0.636. The van der Waals surface area contributed by atoms with E-state index >= 15 is 0 Å². The number of amides is 2. The van der Waals surface area contributed by atoms with Crippen molar-refractivity contribution in [3.8, 4) is 0 Å². The number of hydrogen-bond acceptors (Lipinski definition) is 5. The average molecular weight is 321 g/mol. The normalized spacial score (nSPS) is 23.4. The lowest BCUT2D eigenvalue weighted by atomic mass is 10.1. The van der Waals surface area contributed by atoms with Crippen LogP contribution in [0.25, 0.3) is 0 Å². The highest BCUT2D eigenvalue weighted by Gasteiger charge is 2.33. The summed E-state index contributed by atoms with van der Waals surface area (Å²) in [6.07, 6.45) is 4.92. The first-order valence-corrected chi connectivity index (χ1v) is 8.32. The molecule has 0 aliphatic carbocycles. The number of rotatable bonds is 6. The van der Waals surface area contributed by atoms with Crippen LogP contribution in [0.4, 0.5) is 5.95 Å². The van der Waals surface area contributed by atoms with E-state index in [0.717, 1.165) is 38.7 Å². The van der Waals surface area contributed by atoms with Gasteiger partial charge >= 0.3 is 0 Å². The summed E-state index contributed by atoms with van der Waals surface area (Å²) < 4.78 is 7.04. The minimum absolute atomic E-state index is 0.0756. The van der Waals surface area contributed by atoms with Crippen LogP contribution in [0.1, 0.15) is 50.9 Å². The third-order valence-corrected chi connectivity index (χ3v) is 4.18. The highest BCUT2D eigenvalue weighted by atomic mass is 16.5. The molecule has 0 unspecified atom stereocenters. The van der Waals surface area contributed by atoms with Crippen molar-refractivity contribution in [2.24, 2.45) is 0 Å². The third-order valence-electron chi connectivity index (χ3n) is 4.18. The van der Waals surface area contributed by atoms with Gasteiger partial charge in [-0.2, -0.15) is 10.1 Å². The van der Waals surface area contributed by atoms with Crippen LogP contribution in [-0.4, -0.2) is 45.8 Å². The van der Waals surface area contributed by atoms with Crippen molar-refractivity contribution in [3.05, 3.63) is 5.82 Å². The summed E-state index contributed by atoms with van der Waals surface area (Å²) in [5, 5.41) is 9.96. The molecule has 0 saturated carbocycles. The van der Waals surface area contributed by atoms with E-state index in [2.05, 4.69) is 27.6 Å². The number of nitrogens with one attached hydrogen (secondary N) is 2. The zero-order chi connectivity index (χ0) is 16.2. The Hall–Kier alpha value is -1.96. The molecule has 2 amide bonds. The number of nitrogens with zero attached hydrogens (tertiary/aromatic N) is 3. The Bertz CT molecular complexity index is 580. The van der Waals surface area contributed by atoms with Crippen molar-refractivity contribution in [3.63, 3.8) is 0 Å². The summed E-state index contributed by atoms with van der Waals surface area (Å²) in [7, 11) is 0. The first-order valence-electron chi connectivity index (χ1n) is 8.32. The molecule has 1 aromatic rings. The molecule has 3 heterocycles. The van der Waals surface area contributed by atoms with Crippen LogP contribution in [0.15, 0.2) is 0 Å². The smallest absolute Gasteiger partial charge is 0.245 e. The largest absolute Gasteiger partial charge is 0.376 e. The molecule has 3 rings (SSSR count). The average Bonchev–Trinajstić information content (AvgIpc) is 3.18. The molecule has 0 bridgehead atoms. The molecule has 2 aliphatic heterocycles. The molecule has 23 heavy (non-hydrogen) atoms. The van der Waals surface area contributed by atoms with Gasteiger partial charge in [-0.1, -0.05) is 13.3 Å². The topological polar surface area (TPSA) is 98.1 Å². The van der Waals surface area contributed by atoms with Crippen LogP contribution in [-0.2, 0) is 20.7 Å². The summed E-state index contributed by atoms with van der Waals surface area (Å²) in [6, 6.07) is -0.636. The number of hydrogen-bond donors (Lipinski definition) is 2. The van der Waals surface area contributed by atoms with Crippen LogP contribution in [0, 0.1) is 0 Å². The Morgan fingerprint density at radius 2 is 2.39 bits per heavy atom. The van der Waals surface area contributed by atoms with Crippen molar-refractivity contribution < 1.29 is 14.3 Å². The van der Waals surface area contributed by atoms with Gasteiger partial charge in [-0.3, -0.25) is 14.9 Å². The van der Waals surface area contributed by atoms with Gasteiger partial charge in [0.25, 0.3) is 0 Å². The van der Waals surface area contributed by atoms with E-state index in [-0.39, 0.29) is 24.3 Å². The number of carbonyl (C=O) groups is 2. The van der Waals surface area contributed by atoms with Crippen LogP contribution < -0.4 is 10.6 Å². The second kappa shape index (κ2) is 7.08. The monoisotopic (exact) mass is 321 g/mol. The second-order valence-electron chi connectivity index (χ2n) is 6.05. The third kappa shape index (κ3) is 3.69. The number of anilines is 1. The van der Waals surface area contributed by atoms with E-state index in [4.69, 9.17) is 4.74 Å². The fraction of sp³-hybridized carbons (Fsp3) is 0.733. The standard InChI is InChI=1S/C15H23N5O3/c1-2-3-6-12-17-15-18-13(21)8-11(20(15)19-12)14(22)16-9-10-5-4-7-23-10/h10-11H,2-9H2,1H3,(H,16,22)(H,17,18,19,21)/t10-,11+/m0/s1. The number of unbranched alkanes of at least 4 members (excludes halogenated alkanes) is 1.